The number of hydrogen-bond acceptors (Lipinski definition) is 7. The maximum Gasteiger partial charge on any atom is 0.349 e. The molecule has 0 aliphatic carbocycles. The lowest BCUT2D eigenvalue weighted by Crippen LogP contribution is -2.50. The fourth-order valence-corrected chi connectivity index (χ4v) is 3.42. The summed E-state index contributed by atoms with van der Waals surface area (Å²) < 4.78 is 15.6. The lowest BCUT2D eigenvalue weighted by Gasteiger charge is -2.24. The Hall–Kier alpha value is -4.08. The Balaban J connectivity index is 1.87. The van der Waals surface area contributed by atoms with Crippen molar-refractivity contribution in [2.75, 3.05) is 7.11 Å². The number of methoxy groups -OCH3 is 1. The number of carbonyl (C=O) groups is 4. The second-order valence-corrected chi connectivity index (χ2v) is 8.41. The number of nitrogens with one attached hydrogen (secondary N) is 1. The zero-order valence-corrected chi connectivity index (χ0v) is 20.9. The van der Waals surface area contributed by atoms with Gasteiger partial charge in [-0.2, -0.15) is 0 Å². The average Bonchev–Trinajstić information content (AvgIpc) is 2.89. The van der Waals surface area contributed by atoms with Crippen molar-refractivity contribution in [1.82, 2.24) is 5.32 Å². The van der Waals surface area contributed by atoms with Crippen LogP contribution in [0, 0.1) is 0 Å². The van der Waals surface area contributed by atoms with E-state index in [1.54, 1.807) is 24.3 Å². The molecular weight excluding hydrogens is 525 g/mol. The number of esters is 2. The number of ether oxygens (including phenoxy) is 3. The second kappa shape index (κ2) is 12.8. The molecule has 11 heteroatoms. The van der Waals surface area contributed by atoms with Gasteiger partial charge in [-0.05, 0) is 54.6 Å². The van der Waals surface area contributed by atoms with Gasteiger partial charge in [0.25, 0.3) is 5.91 Å². The predicted molar refractivity (Wildman–Crippen MR) is 134 cm³/mol. The lowest BCUT2D eigenvalue weighted by molar-refractivity contribution is -0.159. The summed E-state index contributed by atoms with van der Waals surface area (Å²) in [5.41, 5.74) is 0.555. The van der Waals surface area contributed by atoms with Crippen molar-refractivity contribution < 1.29 is 38.5 Å². The first-order valence-electron chi connectivity index (χ1n) is 10.7. The summed E-state index contributed by atoms with van der Waals surface area (Å²) in [7, 11) is 1.45. The third kappa shape index (κ3) is 7.45. The van der Waals surface area contributed by atoms with Gasteiger partial charge in [0, 0.05) is 22.2 Å². The van der Waals surface area contributed by atoms with Crippen LogP contribution in [0.1, 0.15) is 26.3 Å². The van der Waals surface area contributed by atoms with E-state index in [0.29, 0.717) is 21.4 Å². The van der Waals surface area contributed by atoms with E-state index in [4.69, 9.17) is 37.4 Å². The number of para-hydroxylation sites is 1. The molecule has 0 heterocycles. The Morgan fingerprint density at radius 3 is 1.76 bits per heavy atom. The number of benzene rings is 3. The van der Waals surface area contributed by atoms with E-state index >= 15 is 0 Å². The topological polar surface area (TPSA) is 128 Å². The highest BCUT2D eigenvalue weighted by atomic mass is 35.5. The van der Waals surface area contributed by atoms with Gasteiger partial charge in [-0.3, -0.25) is 4.79 Å². The smallest absolute Gasteiger partial charge is 0.349 e. The molecular formula is C26H21Cl2NO8. The third-order valence-corrected chi connectivity index (χ3v) is 5.55. The molecule has 2 N–H and O–H groups in total. The zero-order chi connectivity index (χ0) is 26.9. The molecule has 0 bridgehead atoms. The molecule has 9 nitrogen and oxygen atoms in total. The largest absolute Gasteiger partial charge is 0.496 e. The van der Waals surface area contributed by atoms with Gasteiger partial charge < -0.3 is 24.6 Å². The molecule has 0 unspecified atom stereocenters. The predicted octanol–water partition coefficient (Wildman–Crippen LogP) is 4.15. The number of carboxylic acid groups (broad SMARTS) is 1. The van der Waals surface area contributed by atoms with E-state index in [0.717, 1.165) is 0 Å². The van der Waals surface area contributed by atoms with Crippen molar-refractivity contribution >= 4 is 47.0 Å². The summed E-state index contributed by atoms with van der Waals surface area (Å²) in [6.07, 6.45) is -4.20. The highest BCUT2D eigenvalue weighted by Gasteiger charge is 2.41. The zero-order valence-electron chi connectivity index (χ0n) is 19.4. The summed E-state index contributed by atoms with van der Waals surface area (Å²) >= 11 is 11.7. The average molecular weight is 546 g/mol. The van der Waals surface area contributed by atoms with Crippen LogP contribution in [0.15, 0.2) is 72.8 Å². The number of halogens is 2. The molecule has 37 heavy (non-hydrogen) atoms. The first kappa shape index (κ1) is 27.5. The molecule has 1 amide bonds. The van der Waals surface area contributed by atoms with Crippen LogP contribution in [0.3, 0.4) is 0 Å². The molecule has 0 aliphatic rings. The Kier molecular flexibility index (Phi) is 9.48. The van der Waals surface area contributed by atoms with Crippen LogP contribution >= 0.6 is 23.2 Å². The minimum absolute atomic E-state index is 0.0000881. The van der Waals surface area contributed by atoms with Gasteiger partial charge in [-0.1, -0.05) is 41.4 Å². The maximum atomic E-state index is 13.1. The molecule has 0 radical (unpaired) electrons. The molecule has 192 valence electrons. The molecule has 0 spiro atoms. The normalized spacial score (nSPS) is 12.1. The lowest BCUT2D eigenvalue weighted by atomic mass is 10.1. The summed E-state index contributed by atoms with van der Waals surface area (Å²) in [6.45, 7) is -0.0880. The van der Waals surface area contributed by atoms with E-state index in [2.05, 4.69) is 5.32 Å². The Morgan fingerprint density at radius 1 is 0.784 bits per heavy atom. The molecule has 0 aromatic heterocycles. The van der Waals surface area contributed by atoms with Gasteiger partial charge in [0.2, 0.25) is 12.2 Å². The van der Waals surface area contributed by atoms with Crippen molar-refractivity contribution in [2.24, 2.45) is 0 Å². The molecule has 2 atom stereocenters. The first-order chi connectivity index (χ1) is 17.7. The number of amides is 1. The van der Waals surface area contributed by atoms with E-state index in [9.17, 15) is 24.3 Å². The van der Waals surface area contributed by atoms with Crippen molar-refractivity contribution in [3.05, 3.63) is 99.5 Å². The van der Waals surface area contributed by atoms with Gasteiger partial charge in [0.1, 0.15) is 5.75 Å². The molecule has 3 aromatic carbocycles. The monoisotopic (exact) mass is 545 g/mol. The van der Waals surface area contributed by atoms with E-state index in [1.165, 1.54) is 55.6 Å². The fraction of sp³-hybridized carbons (Fsp3) is 0.154. The van der Waals surface area contributed by atoms with Crippen molar-refractivity contribution in [2.45, 2.75) is 18.8 Å². The van der Waals surface area contributed by atoms with E-state index in [1.807, 2.05) is 0 Å². The van der Waals surface area contributed by atoms with Crippen molar-refractivity contribution in [3.8, 4) is 5.75 Å². The van der Waals surface area contributed by atoms with Crippen LogP contribution in [0.4, 0.5) is 0 Å². The van der Waals surface area contributed by atoms with Crippen LogP contribution < -0.4 is 10.1 Å². The van der Waals surface area contributed by atoms with Gasteiger partial charge in [0.05, 0.1) is 18.2 Å². The summed E-state index contributed by atoms with van der Waals surface area (Å²) in [5.74, 6) is -4.33. The van der Waals surface area contributed by atoms with Crippen molar-refractivity contribution in [3.63, 3.8) is 0 Å². The summed E-state index contributed by atoms with van der Waals surface area (Å²) in [5, 5.41) is 13.0. The van der Waals surface area contributed by atoms with Gasteiger partial charge in [-0.15, -0.1) is 0 Å². The first-order valence-corrected chi connectivity index (χ1v) is 11.5. The van der Waals surface area contributed by atoms with Crippen molar-refractivity contribution in [1.29, 1.82) is 0 Å². The number of aliphatic carboxylic acids is 1. The quantitative estimate of drug-likeness (QED) is 0.363. The number of carbonyl (C=O) groups excluding carboxylic acids is 3. The van der Waals surface area contributed by atoms with Crippen LogP contribution in [0.2, 0.25) is 10.0 Å². The van der Waals surface area contributed by atoms with Crippen LogP contribution in [-0.4, -0.2) is 48.2 Å². The molecule has 3 aromatic rings. The summed E-state index contributed by atoms with van der Waals surface area (Å²) in [4.78, 5) is 50.6. The Bertz CT molecular complexity index is 1280. The van der Waals surface area contributed by atoms with E-state index in [-0.39, 0.29) is 17.7 Å². The number of hydrogen-bond donors (Lipinski definition) is 2. The van der Waals surface area contributed by atoms with Gasteiger partial charge >= 0.3 is 17.9 Å². The summed E-state index contributed by atoms with van der Waals surface area (Å²) in [6, 6.07) is 17.8. The van der Waals surface area contributed by atoms with Crippen LogP contribution in [0.5, 0.6) is 5.75 Å². The SMILES string of the molecule is COc1ccccc1CNC(=O)[C@H](OC(=O)c1ccc(Cl)cc1)[C@H](OC(=O)c1ccc(Cl)cc1)C(=O)O. The standard InChI is InChI=1S/C26H21Cl2NO8/c1-35-20-5-3-2-4-17(20)14-29-23(30)21(36-25(33)15-6-10-18(27)11-7-15)22(24(31)32)37-26(34)16-8-12-19(28)13-9-16/h2-13,21-22H,14H2,1H3,(H,29,30)(H,31,32)/t21-,22+/m1/s1. The van der Waals surface area contributed by atoms with Gasteiger partial charge in [0.15, 0.2) is 0 Å². The second-order valence-electron chi connectivity index (χ2n) is 7.53. The maximum absolute atomic E-state index is 13.1. The Morgan fingerprint density at radius 2 is 1.27 bits per heavy atom. The van der Waals surface area contributed by atoms with Gasteiger partial charge in [-0.25, -0.2) is 14.4 Å². The third-order valence-electron chi connectivity index (χ3n) is 5.05. The molecule has 0 aliphatic heterocycles. The van der Waals surface area contributed by atoms with Crippen LogP contribution in [-0.2, 0) is 25.6 Å². The molecule has 3 rings (SSSR count). The minimum atomic E-state index is -2.17. The molecule has 0 fully saturated rings. The highest BCUT2D eigenvalue weighted by molar-refractivity contribution is 6.31. The fourth-order valence-electron chi connectivity index (χ4n) is 3.17. The molecule has 0 saturated carbocycles. The Labute approximate surface area is 221 Å². The van der Waals surface area contributed by atoms with E-state index < -0.39 is 36.0 Å². The number of rotatable bonds is 10. The van der Waals surface area contributed by atoms with Crippen LogP contribution in [0.25, 0.3) is 0 Å². The number of carboxylic acids is 1. The highest BCUT2D eigenvalue weighted by Crippen LogP contribution is 2.19. The minimum Gasteiger partial charge on any atom is -0.496 e. The molecule has 0 saturated heterocycles.